The number of hydrogen-bond acceptors (Lipinski definition) is 4. The van der Waals surface area contributed by atoms with Gasteiger partial charge in [-0.3, -0.25) is 4.90 Å². The van der Waals surface area contributed by atoms with Crippen molar-refractivity contribution in [2.24, 2.45) is 5.73 Å². The van der Waals surface area contributed by atoms with Gasteiger partial charge < -0.3 is 10.6 Å². The summed E-state index contributed by atoms with van der Waals surface area (Å²) in [5.41, 5.74) is 5.96. The van der Waals surface area contributed by atoms with E-state index in [-0.39, 0.29) is 0 Å². The first-order valence-electron chi connectivity index (χ1n) is 6.47. The fourth-order valence-corrected chi connectivity index (χ4v) is 3.49. The Morgan fingerprint density at radius 1 is 1.29 bits per heavy atom. The third-order valence-corrected chi connectivity index (χ3v) is 4.71. The zero-order valence-corrected chi connectivity index (χ0v) is 11.7. The summed E-state index contributed by atoms with van der Waals surface area (Å²) in [6, 6.07) is 4.86. The molecule has 0 aromatic carbocycles. The molecule has 0 radical (unpaired) electrons. The number of rotatable bonds is 4. The lowest BCUT2D eigenvalue weighted by Gasteiger charge is -2.38. The molecule has 1 aromatic heterocycles. The maximum absolute atomic E-state index is 5.96. The molecular weight excluding hydrogens is 230 g/mol. The second-order valence-electron chi connectivity index (χ2n) is 4.67. The third-order valence-electron chi connectivity index (χ3n) is 3.61. The van der Waals surface area contributed by atoms with Crippen LogP contribution in [-0.2, 0) is 0 Å². The van der Waals surface area contributed by atoms with Crippen LogP contribution in [0.3, 0.4) is 0 Å². The minimum Gasteiger partial charge on any atom is -0.329 e. The highest BCUT2D eigenvalue weighted by atomic mass is 32.1. The molecule has 1 aromatic rings. The van der Waals surface area contributed by atoms with Crippen molar-refractivity contribution >= 4 is 11.3 Å². The van der Waals surface area contributed by atoms with Crippen LogP contribution in [0.15, 0.2) is 12.1 Å². The summed E-state index contributed by atoms with van der Waals surface area (Å²) < 4.78 is 0. The highest BCUT2D eigenvalue weighted by Crippen LogP contribution is 2.27. The van der Waals surface area contributed by atoms with E-state index in [1.807, 2.05) is 11.3 Å². The Kier molecular flexibility index (Phi) is 4.56. The molecule has 96 valence electrons. The Hall–Kier alpha value is -0.420. The van der Waals surface area contributed by atoms with Crippen LogP contribution in [0.1, 0.15) is 22.7 Å². The van der Waals surface area contributed by atoms with Gasteiger partial charge >= 0.3 is 0 Å². The number of thiophene rings is 1. The molecule has 1 saturated heterocycles. The van der Waals surface area contributed by atoms with E-state index in [1.165, 1.54) is 29.4 Å². The van der Waals surface area contributed by atoms with Crippen LogP contribution in [-0.4, -0.2) is 49.1 Å². The molecule has 1 aliphatic heterocycles. The van der Waals surface area contributed by atoms with Gasteiger partial charge in [-0.15, -0.1) is 11.3 Å². The lowest BCUT2D eigenvalue weighted by Crippen LogP contribution is -2.48. The minimum atomic E-state index is 0.424. The molecular formula is C13H23N3S. The molecule has 17 heavy (non-hydrogen) atoms. The molecule has 0 bridgehead atoms. The average molecular weight is 253 g/mol. The molecule has 1 atom stereocenters. The molecule has 1 aliphatic rings. The number of nitrogens with two attached hydrogens (primary N) is 1. The fraction of sp³-hybridized carbons (Fsp3) is 0.692. The Morgan fingerprint density at radius 2 is 2.00 bits per heavy atom. The first-order valence-corrected chi connectivity index (χ1v) is 7.29. The van der Waals surface area contributed by atoms with Gasteiger partial charge in [0.25, 0.3) is 0 Å². The van der Waals surface area contributed by atoms with Crippen LogP contribution < -0.4 is 5.73 Å². The summed E-state index contributed by atoms with van der Waals surface area (Å²) in [4.78, 5) is 7.85. The number of hydrogen-bond donors (Lipinski definition) is 1. The van der Waals surface area contributed by atoms with Gasteiger partial charge in [-0.1, -0.05) is 6.92 Å². The summed E-state index contributed by atoms with van der Waals surface area (Å²) in [5.74, 6) is 0. The van der Waals surface area contributed by atoms with Gasteiger partial charge in [0.15, 0.2) is 0 Å². The van der Waals surface area contributed by atoms with Crippen LogP contribution in [0.25, 0.3) is 0 Å². The maximum atomic E-state index is 5.96. The second-order valence-corrected chi connectivity index (χ2v) is 5.99. The van der Waals surface area contributed by atoms with Crippen molar-refractivity contribution < 1.29 is 0 Å². The van der Waals surface area contributed by atoms with Gasteiger partial charge in [0.05, 0.1) is 6.04 Å². The van der Waals surface area contributed by atoms with E-state index in [2.05, 4.69) is 35.8 Å². The van der Waals surface area contributed by atoms with E-state index in [0.29, 0.717) is 6.04 Å². The zero-order valence-electron chi connectivity index (χ0n) is 10.9. The van der Waals surface area contributed by atoms with Gasteiger partial charge in [0, 0.05) is 42.5 Å². The van der Waals surface area contributed by atoms with Crippen molar-refractivity contribution in [1.29, 1.82) is 0 Å². The monoisotopic (exact) mass is 253 g/mol. The molecule has 4 heteroatoms. The van der Waals surface area contributed by atoms with E-state index in [1.54, 1.807) is 0 Å². The van der Waals surface area contributed by atoms with Crippen LogP contribution in [0.5, 0.6) is 0 Å². The number of piperazine rings is 1. The molecule has 2 N–H and O–H groups in total. The molecule has 0 amide bonds. The van der Waals surface area contributed by atoms with Crippen LogP contribution >= 0.6 is 11.3 Å². The molecule has 3 nitrogen and oxygen atoms in total. The summed E-state index contributed by atoms with van der Waals surface area (Å²) in [5, 5.41) is 0. The minimum absolute atomic E-state index is 0.424. The van der Waals surface area contributed by atoms with E-state index in [0.717, 1.165) is 19.6 Å². The number of aryl methyl sites for hydroxylation is 1. The van der Waals surface area contributed by atoms with Crippen LogP contribution in [0, 0.1) is 6.92 Å². The summed E-state index contributed by atoms with van der Waals surface area (Å²) >= 11 is 1.89. The van der Waals surface area contributed by atoms with E-state index in [9.17, 15) is 0 Å². The lowest BCUT2D eigenvalue weighted by atomic mass is 10.1. The third kappa shape index (κ3) is 3.07. The molecule has 1 fully saturated rings. The maximum Gasteiger partial charge on any atom is 0.0565 e. The van der Waals surface area contributed by atoms with Crippen molar-refractivity contribution in [2.75, 3.05) is 39.3 Å². The topological polar surface area (TPSA) is 32.5 Å². The predicted octanol–water partition coefficient (Wildman–Crippen LogP) is 1.69. The standard InChI is InChI=1S/C13H23N3S/c1-3-15-6-8-16(9-7-15)12(10-14)13-5-4-11(2)17-13/h4-5,12H,3,6-10,14H2,1-2H3. The van der Waals surface area contributed by atoms with E-state index < -0.39 is 0 Å². The quantitative estimate of drug-likeness (QED) is 0.886. The van der Waals surface area contributed by atoms with Crippen molar-refractivity contribution in [3.05, 3.63) is 21.9 Å². The molecule has 1 unspecified atom stereocenters. The second kappa shape index (κ2) is 5.96. The predicted molar refractivity (Wildman–Crippen MR) is 74.5 cm³/mol. The highest BCUT2D eigenvalue weighted by Gasteiger charge is 2.24. The van der Waals surface area contributed by atoms with Gasteiger partial charge in [0.2, 0.25) is 0 Å². The van der Waals surface area contributed by atoms with Crippen LogP contribution in [0.2, 0.25) is 0 Å². The Labute approximate surface area is 108 Å². The van der Waals surface area contributed by atoms with Crippen molar-refractivity contribution in [3.8, 4) is 0 Å². The van der Waals surface area contributed by atoms with Crippen molar-refractivity contribution in [2.45, 2.75) is 19.9 Å². The van der Waals surface area contributed by atoms with Gasteiger partial charge in [-0.2, -0.15) is 0 Å². The van der Waals surface area contributed by atoms with Crippen LogP contribution in [0.4, 0.5) is 0 Å². The smallest absolute Gasteiger partial charge is 0.0565 e. The Morgan fingerprint density at radius 3 is 2.47 bits per heavy atom. The normalized spacial score (nSPS) is 20.6. The largest absolute Gasteiger partial charge is 0.329 e. The lowest BCUT2D eigenvalue weighted by molar-refractivity contribution is 0.103. The average Bonchev–Trinajstić information content (AvgIpc) is 2.78. The zero-order chi connectivity index (χ0) is 12.3. The molecule has 2 heterocycles. The Bertz CT molecular complexity index is 342. The van der Waals surface area contributed by atoms with Gasteiger partial charge in [-0.25, -0.2) is 0 Å². The van der Waals surface area contributed by atoms with Gasteiger partial charge in [-0.05, 0) is 25.6 Å². The SMILES string of the molecule is CCN1CCN(C(CN)c2ccc(C)s2)CC1. The summed E-state index contributed by atoms with van der Waals surface area (Å²) in [6.45, 7) is 10.9. The molecule has 0 saturated carbocycles. The first-order chi connectivity index (χ1) is 8.24. The molecule has 0 aliphatic carbocycles. The molecule has 2 rings (SSSR count). The first kappa shape index (κ1) is 13.0. The highest BCUT2D eigenvalue weighted by molar-refractivity contribution is 7.12. The summed E-state index contributed by atoms with van der Waals surface area (Å²) in [6.07, 6.45) is 0. The van der Waals surface area contributed by atoms with E-state index in [4.69, 9.17) is 5.73 Å². The Balaban J connectivity index is 2.00. The summed E-state index contributed by atoms with van der Waals surface area (Å²) in [7, 11) is 0. The van der Waals surface area contributed by atoms with E-state index >= 15 is 0 Å². The number of likely N-dealkylation sites (N-methyl/N-ethyl adjacent to an activating group) is 1. The van der Waals surface area contributed by atoms with Crippen molar-refractivity contribution in [1.82, 2.24) is 9.80 Å². The fourth-order valence-electron chi connectivity index (χ4n) is 2.47. The van der Waals surface area contributed by atoms with Crippen molar-refractivity contribution in [3.63, 3.8) is 0 Å². The van der Waals surface area contributed by atoms with Gasteiger partial charge in [0.1, 0.15) is 0 Å². The molecule has 0 spiro atoms. The number of nitrogens with zero attached hydrogens (tertiary/aromatic N) is 2.